The predicted octanol–water partition coefficient (Wildman–Crippen LogP) is 5.28. The highest BCUT2D eigenvalue weighted by Gasteiger charge is 2.19. The van der Waals surface area contributed by atoms with Gasteiger partial charge in [-0.2, -0.15) is 0 Å². The molecule has 0 saturated heterocycles. The van der Waals surface area contributed by atoms with Crippen LogP contribution in [-0.4, -0.2) is 19.5 Å². The second-order valence-electron chi connectivity index (χ2n) is 7.19. The smallest absolute Gasteiger partial charge is 0.258 e. The number of H-pyrrole nitrogens is 1. The van der Waals surface area contributed by atoms with Crippen LogP contribution in [0, 0.1) is 0 Å². The van der Waals surface area contributed by atoms with Gasteiger partial charge in [0.2, 0.25) is 0 Å². The highest BCUT2D eigenvalue weighted by molar-refractivity contribution is 7.99. The van der Waals surface area contributed by atoms with Crippen LogP contribution in [0.5, 0.6) is 0 Å². The maximum absolute atomic E-state index is 12.5. The van der Waals surface area contributed by atoms with Crippen LogP contribution in [0.1, 0.15) is 23.8 Å². The van der Waals surface area contributed by atoms with Crippen molar-refractivity contribution in [3.63, 3.8) is 0 Å². The van der Waals surface area contributed by atoms with Crippen molar-refractivity contribution in [3.05, 3.63) is 101 Å². The first kappa shape index (κ1) is 19.4. The highest BCUT2D eigenvalue weighted by Crippen LogP contribution is 2.35. The number of benzene rings is 2. The molecule has 6 nitrogen and oxygen atoms in total. The van der Waals surface area contributed by atoms with E-state index in [4.69, 9.17) is 4.42 Å². The van der Waals surface area contributed by atoms with Crippen LogP contribution in [0.2, 0.25) is 0 Å². The van der Waals surface area contributed by atoms with Gasteiger partial charge in [-0.15, -0.1) is 0 Å². The van der Waals surface area contributed by atoms with Crippen LogP contribution in [0.3, 0.4) is 0 Å². The lowest BCUT2D eigenvalue weighted by Crippen LogP contribution is -2.13. The third-order valence-corrected chi connectivity index (χ3v) is 6.19. The third kappa shape index (κ3) is 3.92. The molecule has 5 aromatic rings. The number of nitrogens with one attached hydrogen (secondary N) is 1. The number of furan rings is 1. The van der Waals surface area contributed by atoms with Crippen molar-refractivity contribution in [2.75, 3.05) is 0 Å². The zero-order valence-corrected chi connectivity index (χ0v) is 17.7. The molecule has 154 valence electrons. The number of aromatic nitrogens is 4. The van der Waals surface area contributed by atoms with Gasteiger partial charge in [-0.05, 0) is 36.8 Å². The molecule has 31 heavy (non-hydrogen) atoms. The van der Waals surface area contributed by atoms with Crippen molar-refractivity contribution < 1.29 is 4.42 Å². The molecular weight excluding hydrogens is 408 g/mol. The molecule has 7 heteroatoms. The quantitative estimate of drug-likeness (QED) is 0.372. The number of hydrogen-bond acceptors (Lipinski definition) is 5. The lowest BCUT2D eigenvalue weighted by Gasteiger charge is -2.14. The van der Waals surface area contributed by atoms with Crippen molar-refractivity contribution in [3.8, 4) is 11.3 Å². The number of fused-ring (bicyclic) bond motifs is 1. The van der Waals surface area contributed by atoms with E-state index in [1.165, 1.54) is 0 Å². The van der Waals surface area contributed by atoms with Crippen molar-refractivity contribution >= 4 is 22.7 Å². The molecule has 1 atom stereocenters. The molecule has 0 aliphatic carbocycles. The van der Waals surface area contributed by atoms with Crippen LogP contribution in [0.25, 0.3) is 22.2 Å². The minimum atomic E-state index is -0.128. The van der Waals surface area contributed by atoms with Crippen molar-refractivity contribution in [2.45, 2.75) is 23.9 Å². The van der Waals surface area contributed by atoms with E-state index in [-0.39, 0.29) is 10.8 Å². The molecule has 0 bridgehead atoms. The molecule has 2 aromatic carbocycles. The zero-order valence-electron chi connectivity index (χ0n) is 16.9. The van der Waals surface area contributed by atoms with Gasteiger partial charge in [0, 0.05) is 0 Å². The summed E-state index contributed by atoms with van der Waals surface area (Å²) < 4.78 is 7.72. The van der Waals surface area contributed by atoms with E-state index in [9.17, 15) is 4.79 Å². The summed E-state index contributed by atoms with van der Waals surface area (Å²) in [4.78, 5) is 24.8. The Bertz CT molecular complexity index is 1370. The van der Waals surface area contributed by atoms with Gasteiger partial charge in [0.15, 0.2) is 5.16 Å². The molecule has 3 heterocycles. The van der Waals surface area contributed by atoms with Gasteiger partial charge >= 0.3 is 0 Å². The standard InChI is InChI=1S/C24H20N4O2S/c1-16(22-26-20-12-6-5-11-19(20)23(29)27-22)31-24-25-14-21(17-8-3-2-4-9-17)28(24)15-18-10-7-13-30-18/h2-14,16H,15H2,1H3,(H,26,27,29)/t16-/m0/s1. The number of nitrogens with zero attached hydrogens (tertiary/aromatic N) is 3. The van der Waals surface area contributed by atoms with Crippen LogP contribution in [0.15, 0.2) is 93.6 Å². The summed E-state index contributed by atoms with van der Waals surface area (Å²) in [5.41, 5.74) is 2.65. The fraction of sp³-hybridized carbons (Fsp3) is 0.125. The maximum atomic E-state index is 12.5. The number of thioether (sulfide) groups is 1. The summed E-state index contributed by atoms with van der Waals surface area (Å²) in [5, 5.41) is 1.33. The Morgan fingerprint density at radius 1 is 1.06 bits per heavy atom. The number of hydrogen-bond donors (Lipinski definition) is 1. The second kappa shape index (κ2) is 8.28. The van der Waals surface area contributed by atoms with E-state index in [2.05, 4.69) is 31.7 Å². The molecule has 3 aromatic heterocycles. The van der Waals surface area contributed by atoms with Gasteiger partial charge in [0.25, 0.3) is 5.56 Å². The Kier molecular flexibility index (Phi) is 5.18. The molecule has 0 aliphatic heterocycles. The largest absolute Gasteiger partial charge is 0.467 e. The molecule has 0 unspecified atom stereocenters. The molecule has 0 saturated carbocycles. The zero-order chi connectivity index (χ0) is 21.2. The van der Waals surface area contributed by atoms with Gasteiger partial charge in [-0.25, -0.2) is 9.97 Å². The molecule has 0 aliphatic rings. The Morgan fingerprint density at radius 2 is 1.87 bits per heavy atom. The monoisotopic (exact) mass is 428 g/mol. The molecule has 0 amide bonds. The first-order valence-corrected chi connectivity index (χ1v) is 10.9. The number of aromatic amines is 1. The van der Waals surface area contributed by atoms with E-state index in [1.54, 1.807) is 24.1 Å². The molecule has 1 N–H and O–H groups in total. The summed E-state index contributed by atoms with van der Waals surface area (Å²) in [6.45, 7) is 2.58. The van der Waals surface area contributed by atoms with E-state index >= 15 is 0 Å². The van der Waals surface area contributed by atoms with Crippen LogP contribution in [0.4, 0.5) is 0 Å². The van der Waals surface area contributed by atoms with E-state index in [0.29, 0.717) is 23.3 Å². The summed E-state index contributed by atoms with van der Waals surface area (Å²) >= 11 is 1.56. The minimum absolute atomic E-state index is 0.0984. The van der Waals surface area contributed by atoms with E-state index < -0.39 is 0 Å². The SMILES string of the molecule is C[C@H](Sc1ncc(-c2ccccc2)n1Cc1ccco1)c1nc2ccccc2c(=O)[nH]1. The van der Waals surface area contributed by atoms with Crippen molar-refractivity contribution in [1.82, 2.24) is 19.5 Å². The fourth-order valence-corrected chi connectivity index (χ4v) is 4.46. The van der Waals surface area contributed by atoms with Gasteiger partial charge in [0.1, 0.15) is 11.6 Å². The van der Waals surface area contributed by atoms with Crippen molar-refractivity contribution in [1.29, 1.82) is 0 Å². The Labute approximate surface area is 183 Å². The highest BCUT2D eigenvalue weighted by atomic mass is 32.2. The fourth-order valence-electron chi connectivity index (χ4n) is 3.51. The van der Waals surface area contributed by atoms with Gasteiger partial charge in [-0.1, -0.05) is 54.2 Å². The summed E-state index contributed by atoms with van der Waals surface area (Å²) in [6, 6.07) is 21.4. The van der Waals surface area contributed by atoms with E-state index in [0.717, 1.165) is 22.2 Å². The molecule has 5 rings (SSSR count). The first-order valence-electron chi connectivity index (χ1n) is 9.98. The van der Waals surface area contributed by atoms with Crippen LogP contribution in [-0.2, 0) is 6.54 Å². The van der Waals surface area contributed by atoms with Gasteiger partial charge in [-0.3, -0.25) is 4.79 Å². The number of imidazole rings is 1. The van der Waals surface area contributed by atoms with E-state index in [1.807, 2.05) is 61.7 Å². The second-order valence-corrected chi connectivity index (χ2v) is 8.49. The summed E-state index contributed by atoms with van der Waals surface area (Å²) in [5.74, 6) is 1.48. The Hall–Kier alpha value is -3.58. The number of rotatable bonds is 6. The molecule has 0 radical (unpaired) electrons. The molecule has 0 fully saturated rings. The number of para-hydroxylation sites is 1. The first-order chi connectivity index (χ1) is 15.2. The normalized spacial score (nSPS) is 12.3. The lowest BCUT2D eigenvalue weighted by molar-refractivity contribution is 0.485. The average Bonchev–Trinajstić information content (AvgIpc) is 3.45. The molecular formula is C24H20N4O2S. The molecule has 0 spiro atoms. The Balaban J connectivity index is 1.51. The van der Waals surface area contributed by atoms with Gasteiger partial charge < -0.3 is 14.0 Å². The maximum Gasteiger partial charge on any atom is 0.258 e. The topological polar surface area (TPSA) is 76.7 Å². The van der Waals surface area contributed by atoms with Crippen molar-refractivity contribution in [2.24, 2.45) is 0 Å². The Morgan fingerprint density at radius 3 is 2.68 bits per heavy atom. The predicted molar refractivity (Wildman–Crippen MR) is 122 cm³/mol. The van der Waals surface area contributed by atoms with Crippen LogP contribution >= 0.6 is 11.8 Å². The summed E-state index contributed by atoms with van der Waals surface area (Å²) in [7, 11) is 0. The summed E-state index contributed by atoms with van der Waals surface area (Å²) in [6.07, 6.45) is 3.55. The van der Waals surface area contributed by atoms with Crippen LogP contribution < -0.4 is 5.56 Å². The minimum Gasteiger partial charge on any atom is -0.467 e. The average molecular weight is 429 g/mol. The van der Waals surface area contributed by atoms with Gasteiger partial charge in [0.05, 0.1) is 40.9 Å². The lowest BCUT2D eigenvalue weighted by atomic mass is 10.2. The third-order valence-electron chi connectivity index (χ3n) is 5.08.